The molecule has 0 spiro atoms. The third-order valence-electron chi connectivity index (χ3n) is 6.20. The van der Waals surface area contributed by atoms with Crippen molar-refractivity contribution in [1.29, 1.82) is 0 Å². The number of hydrogen-bond acceptors (Lipinski definition) is 5. The molecule has 1 N–H and O–H groups in total. The summed E-state index contributed by atoms with van der Waals surface area (Å²) in [5, 5.41) is 3.33. The van der Waals surface area contributed by atoms with Crippen LogP contribution >= 0.6 is 0 Å². The molecular weight excluding hydrogens is 402 g/mol. The topological polar surface area (TPSA) is 64.6 Å². The fourth-order valence-electron chi connectivity index (χ4n) is 4.74. The molecule has 0 bridgehead atoms. The summed E-state index contributed by atoms with van der Waals surface area (Å²) >= 11 is 0. The Balaban J connectivity index is 1.47. The molecule has 0 aromatic heterocycles. The van der Waals surface area contributed by atoms with E-state index < -0.39 is 0 Å². The third kappa shape index (κ3) is 4.47. The zero-order chi connectivity index (χ0) is 22.8. The minimum atomic E-state index is -0.375. The maximum Gasteiger partial charge on any atom is 0.336 e. The number of hydrogen-bond donors (Lipinski definition) is 1. The van der Waals surface area contributed by atoms with Gasteiger partial charge in [-0.3, -0.25) is 4.79 Å². The van der Waals surface area contributed by atoms with Crippen molar-refractivity contribution >= 4 is 11.8 Å². The van der Waals surface area contributed by atoms with E-state index in [1.54, 1.807) is 7.11 Å². The molecule has 1 unspecified atom stereocenters. The zero-order valence-corrected chi connectivity index (χ0v) is 19.1. The molecular formula is C27H29NO4. The average Bonchev–Trinajstić information content (AvgIpc) is 2.76. The number of aryl methyl sites for hydroxylation is 2. The van der Waals surface area contributed by atoms with Gasteiger partial charge in [0, 0.05) is 35.7 Å². The van der Waals surface area contributed by atoms with Crippen molar-refractivity contribution in [2.45, 2.75) is 52.6 Å². The van der Waals surface area contributed by atoms with Crippen molar-refractivity contribution in [2.24, 2.45) is 0 Å². The van der Waals surface area contributed by atoms with Crippen LogP contribution in [0.1, 0.15) is 54.4 Å². The van der Waals surface area contributed by atoms with Crippen LogP contribution in [0.3, 0.4) is 0 Å². The molecule has 2 aromatic carbocycles. The highest BCUT2D eigenvalue weighted by Crippen LogP contribution is 2.41. The largest absolute Gasteiger partial charge is 0.496 e. The smallest absolute Gasteiger partial charge is 0.336 e. The second-order valence-corrected chi connectivity index (χ2v) is 8.70. The lowest BCUT2D eigenvalue weighted by atomic mass is 9.78. The Morgan fingerprint density at radius 3 is 2.50 bits per heavy atom. The van der Waals surface area contributed by atoms with Crippen LogP contribution in [0.15, 0.2) is 65.0 Å². The normalized spacial score (nSPS) is 18.2. The van der Waals surface area contributed by atoms with Crippen molar-refractivity contribution in [3.63, 3.8) is 0 Å². The molecule has 1 atom stereocenters. The van der Waals surface area contributed by atoms with E-state index in [2.05, 4.69) is 11.4 Å². The molecule has 166 valence electrons. The number of ether oxygens (including phenoxy) is 2. The van der Waals surface area contributed by atoms with Crippen LogP contribution in [0.25, 0.3) is 0 Å². The van der Waals surface area contributed by atoms with E-state index in [1.165, 1.54) is 0 Å². The van der Waals surface area contributed by atoms with Gasteiger partial charge in [-0.15, -0.1) is 0 Å². The molecule has 0 saturated carbocycles. The minimum Gasteiger partial charge on any atom is -0.496 e. The van der Waals surface area contributed by atoms with Gasteiger partial charge in [0.2, 0.25) is 0 Å². The number of dihydropyridines is 1. The summed E-state index contributed by atoms with van der Waals surface area (Å²) in [6.45, 7) is 6.14. The first kappa shape index (κ1) is 21.9. The zero-order valence-electron chi connectivity index (χ0n) is 19.1. The van der Waals surface area contributed by atoms with E-state index in [1.807, 2.05) is 57.2 Å². The number of para-hydroxylation sites is 1. The Morgan fingerprint density at radius 1 is 1.06 bits per heavy atom. The Labute approximate surface area is 189 Å². The number of nitrogens with one attached hydrogen (secondary N) is 1. The summed E-state index contributed by atoms with van der Waals surface area (Å²) in [6.07, 6.45) is 1.44. The second kappa shape index (κ2) is 9.03. The van der Waals surface area contributed by atoms with Gasteiger partial charge in [-0.25, -0.2) is 4.79 Å². The van der Waals surface area contributed by atoms with Gasteiger partial charge in [0.15, 0.2) is 5.78 Å². The number of carbonyl (C=O) groups excluding carboxylic acids is 2. The lowest BCUT2D eigenvalue weighted by Gasteiger charge is -2.32. The number of rotatable bonds is 5. The molecule has 0 amide bonds. The molecule has 0 saturated heterocycles. The number of methoxy groups -OCH3 is 1. The van der Waals surface area contributed by atoms with Crippen molar-refractivity contribution in [3.05, 3.63) is 87.3 Å². The molecule has 5 heteroatoms. The van der Waals surface area contributed by atoms with Crippen LogP contribution in [0, 0.1) is 13.8 Å². The van der Waals surface area contributed by atoms with Gasteiger partial charge < -0.3 is 14.8 Å². The predicted octanol–water partition coefficient (Wildman–Crippen LogP) is 5.02. The Bertz CT molecular complexity index is 1120. The first-order valence-corrected chi connectivity index (χ1v) is 10.9. The molecule has 0 fully saturated rings. The molecule has 0 radical (unpaired) electrons. The van der Waals surface area contributed by atoms with Crippen LogP contribution < -0.4 is 10.1 Å². The molecule has 1 aliphatic carbocycles. The molecule has 1 heterocycles. The van der Waals surface area contributed by atoms with Crippen molar-refractivity contribution in [1.82, 2.24) is 5.32 Å². The van der Waals surface area contributed by atoms with Gasteiger partial charge in [0.1, 0.15) is 12.4 Å². The summed E-state index contributed by atoms with van der Waals surface area (Å²) in [5.74, 6) is 0.547. The Morgan fingerprint density at radius 2 is 1.78 bits per heavy atom. The van der Waals surface area contributed by atoms with E-state index in [9.17, 15) is 9.59 Å². The molecule has 1 aliphatic heterocycles. The van der Waals surface area contributed by atoms with E-state index in [-0.39, 0.29) is 24.3 Å². The number of benzene rings is 2. The highest BCUT2D eigenvalue weighted by Gasteiger charge is 2.34. The van der Waals surface area contributed by atoms with Gasteiger partial charge in [0.05, 0.1) is 12.7 Å². The maximum atomic E-state index is 13.0. The average molecular weight is 432 g/mol. The summed E-state index contributed by atoms with van der Waals surface area (Å²) < 4.78 is 11.1. The van der Waals surface area contributed by atoms with Gasteiger partial charge >= 0.3 is 5.97 Å². The standard InChI is InChI=1S/C27H29NO4/c1-16-9-17(2)11-19(10-16)15-32-27(30)22-14-23-24(28-18(22)3)12-20(13-25(23)29)21-7-5-6-8-26(21)31-4/h5-11,20,28H,12-15H2,1-4H3. The van der Waals surface area contributed by atoms with Gasteiger partial charge in [-0.1, -0.05) is 47.5 Å². The summed E-state index contributed by atoms with van der Waals surface area (Å²) in [4.78, 5) is 25.9. The molecule has 2 aromatic rings. The Hall–Kier alpha value is -3.34. The van der Waals surface area contributed by atoms with Crippen molar-refractivity contribution in [2.75, 3.05) is 7.11 Å². The highest BCUT2D eigenvalue weighted by molar-refractivity contribution is 6.01. The molecule has 32 heavy (non-hydrogen) atoms. The number of ketones is 1. The van der Waals surface area contributed by atoms with Gasteiger partial charge in [-0.2, -0.15) is 0 Å². The number of allylic oxidation sites excluding steroid dienone is 3. The fraction of sp³-hybridized carbons (Fsp3) is 0.333. The predicted molar refractivity (Wildman–Crippen MR) is 123 cm³/mol. The van der Waals surface area contributed by atoms with Crippen LogP contribution in [0.5, 0.6) is 5.75 Å². The van der Waals surface area contributed by atoms with Crippen LogP contribution in [0.4, 0.5) is 0 Å². The highest BCUT2D eigenvalue weighted by atomic mass is 16.5. The lowest BCUT2D eigenvalue weighted by molar-refractivity contribution is -0.140. The van der Waals surface area contributed by atoms with E-state index >= 15 is 0 Å². The number of esters is 1. The maximum absolute atomic E-state index is 13.0. The van der Waals surface area contributed by atoms with E-state index in [4.69, 9.17) is 9.47 Å². The van der Waals surface area contributed by atoms with Crippen LogP contribution in [-0.4, -0.2) is 18.9 Å². The van der Waals surface area contributed by atoms with Crippen LogP contribution in [-0.2, 0) is 20.9 Å². The lowest BCUT2D eigenvalue weighted by Crippen LogP contribution is -2.31. The fourth-order valence-corrected chi connectivity index (χ4v) is 4.74. The van der Waals surface area contributed by atoms with Gasteiger partial charge in [-0.05, 0) is 44.4 Å². The molecule has 4 rings (SSSR count). The molecule has 2 aliphatic rings. The SMILES string of the molecule is COc1ccccc1C1CC(=O)C2=C(C1)NC(C)=C(C(=O)OCc1cc(C)cc(C)c1)C2. The minimum absolute atomic E-state index is 0.0516. The summed E-state index contributed by atoms with van der Waals surface area (Å²) in [5.41, 5.74) is 7.15. The van der Waals surface area contributed by atoms with Gasteiger partial charge in [0.25, 0.3) is 0 Å². The van der Waals surface area contributed by atoms with Crippen LogP contribution in [0.2, 0.25) is 0 Å². The van der Waals surface area contributed by atoms with Crippen molar-refractivity contribution in [3.8, 4) is 5.75 Å². The number of carbonyl (C=O) groups is 2. The Kier molecular flexibility index (Phi) is 6.17. The first-order valence-electron chi connectivity index (χ1n) is 10.9. The van der Waals surface area contributed by atoms with Crippen molar-refractivity contribution < 1.29 is 19.1 Å². The monoisotopic (exact) mass is 431 g/mol. The second-order valence-electron chi connectivity index (χ2n) is 8.70. The quantitative estimate of drug-likeness (QED) is 0.673. The first-order chi connectivity index (χ1) is 15.4. The summed E-state index contributed by atoms with van der Waals surface area (Å²) in [7, 11) is 1.65. The van der Waals surface area contributed by atoms with E-state index in [0.29, 0.717) is 30.4 Å². The van der Waals surface area contributed by atoms with E-state index in [0.717, 1.165) is 39.4 Å². The number of Topliss-reactive ketones (excluding diaryl/α,β-unsaturated/α-hetero) is 1. The summed E-state index contributed by atoms with van der Waals surface area (Å²) in [6, 6.07) is 14.0. The molecule has 5 nitrogen and oxygen atoms in total. The third-order valence-corrected chi connectivity index (χ3v) is 6.20.